The van der Waals surface area contributed by atoms with E-state index < -0.39 is 0 Å². The predicted molar refractivity (Wildman–Crippen MR) is 86.0 cm³/mol. The third kappa shape index (κ3) is 4.57. The van der Waals surface area contributed by atoms with Crippen LogP contribution in [0.2, 0.25) is 0 Å². The molecule has 104 valence electrons. The first-order chi connectivity index (χ1) is 9.15. The van der Waals surface area contributed by atoms with Crippen LogP contribution in [0.15, 0.2) is 29.3 Å². The topological polar surface area (TPSA) is 24.4 Å². The van der Waals surface area contributed by atoms with E-state index in [0.717, 1.165) is 30.6 Å². The number of benzene rings is 1. The van der Waals surface area contributed by atoms with Crippen molar-refractivity contribution in [2.75, 3.05) is 13.1 Å². The molecule has 1 N–H and O–H groups in total. The summed E-state index contributed by atoms with van der Waals surface area (Å²) in [5.41, 5.74) is 2.81. The summed E-state index contributed by atoms with van der Waals surface area (Å²) in [6, 6.07) is 8.60. The first-order valence-corrected chi connectivity index (χ1v) is 8.02. The molecule has 1 atom stereocenters. The monoisotopic (exact) mass is 276 g/mol. The number of hydrogen-bond acceptors (Lipinski definition) is 3. The molecule has 0 amide bonds. The third-order valence-electron chi connectivity index (χ3n) is 3.38. The van der Waals surface area contributed by atoms with Gasteiger partial charge in [-0.05, 0) is 36.8 Å². The van der Waals surface area contributed by atoms with E-state index in [1.165, 1.54) is 17.5 Å². The molecule has 0 fully saturated rings. The molecule has 0 saturated heterocycles. The van der Waals surface area contributed by atoms with Crippen LogP contribution in [0.25, 0.3) is 0 Å². The second-order valence-electron chi connectivity index (χ2n) is 5.62. The van der Waals surface area contributed by atoms with Gasteiger partial charge in [0.25, 0.3) is 0 Å². The maximum Gasteiger partial charge on any atom is 0.156 e. The van der Waals surface area contributed by atoms with Gasteiger partial charge in [0, 0.05) is 11.8 Å². The van der Waals surface area contributed by atoms with Crippen LogP contribution in [0.3, 0.4) is 0 Å². The van der Waals surface area contributed by atoms with Gasteiger partial charge in [-0.25, -0.2) is 0 Å². The molecule has 0 spiro atoms. The maximum absolute atomic E-state index is 4.59. The standard InChI is InChI=1S/C16H24N2S/c1-12(2)10-15-11-18-16(19-15)17-9-8-14-7-5-4-6-13(14)3/h4-7,12,15H,8-11H2,1-3H3,(H,17,18). The van der Waals surface area contributed by atoms with Crippen LogP contribution in [-0.4, -0.2) is 23.5 Å². The van der Waals surface area contributed by atoms with Gasteiger partial charge in [0.05, 0.1) is 6.54 Å². The molecular weight excluding hydrogens is 252 g/mol. The molecule has 1 heterocycles. The van der Waals surface area contributed by atoms with Crippen LogP contribution >= 0.6 is 11.8 Å². The van der Waals surface area contributed by atoms with E-state index in [-0.39, 0.29) is 0 Å². The lowest BCUT2D eigenvalue weighted by Gasteiger charge is -2.11. The Morgan fingerprint density at radius 2 is 2.16 bits per heavy atom. The Kier molecular flexibility index (Phi) is 5.32. The highest BCUT2D eigenvalue weighted by Crippen LogP contribution is 2.25. The average molecular weight is 276 g/mol. The Morgan fingerprint density at radius 3 is 2.89 bits per heavy atom. The van der Waals surface area contributed by atoms with Crippen molar-refractivity contribution in [2.45, 2.75) is 38.9 Å². The molecular formula is C16H24N2S. The molecule has 0 aromatic heterocycles. The molecule has 1 aromatic carbocycles. The van der Waals surface area contributed by atoms with E-state index in [9.17, 15) is 0 Å². The van der Waals surface area contributed by atoms with E-state index in [1.807, 2.05) is 11.8 Å². The van der Waals surface area contributed by atoms with Crippen LogP contribution in [0.1, 0.15) is 31.4 Å². The molecule has 1 aliphatic rings. The number of nitrogens with zero attached hydrogens (tertiary/aromatic N) is 1. The van der Waals surface area contributed by atoms with Crippen molar-refractivity contribution in [2.24, 2.45) is 10.9 Å². The van der Waals surface area contributed by atoms with Crippen molar-refractivity contribution >= 4 is 16.9 Å². The van der Waals surface area contributed by atoms with E-state index in [2.05, 4.69) is 55.3 Å². The fourth-order valence-corrected chi connectivity index (χ4v) is 3.64. The molecule has 2 nitrogen and oxygen atoms in total. The minimum Gasteiger partial charge on any atom is -0.365 e. The first kappa shape index (κ1) is 14.4. The zero-order valence-electron chi connectivity index (χ0n) is 12.1. The van der Waals surface area contributed by atoms with Gasteiger partial charge in [0.15, 0.2) is 5.17 Å². The number of nitrogens with one attached hydrogen (secondary N) is 1. The van der Waals surface area contributed by atoms with E-state index >= 15 is 0 Å². The van der Waals surface area contributed by atoms with Crippen molar-refractivity contribution < 1.29 is 0 Å². The Labute approximate surface area is 121 Å². The highest BCUT2D eigenvalue weighted by atomic mass is 32.2. The molecule has 1 aliphatic heterocycles. The summed E-state index contributed by atoms with van der Waals surface area (Å²) in [5.74, 6) is 0.763. The lowest BCUT2D eigenvalue weighted by Crippen LogP contribution is -2.22. The van der Waals surface area contributed by atoms with Gasteiger partial charge in [0.2, 0.25) is 0 Å². The largest absolute Gasteiger partial charge is 0.365 e. The van der Waals surface area contributed by atoms with Gasteiger partial charge in [-0.2, -0.15) is 0 Å². The number of amidine groups is 1. The van der Waals surface area contributed by atoms with Crippen LogP contribution in [0.4, 0.5) is 0 Å². The lowest BCUT2D eigenvalue weighted by molar-refractivity contribution is 0.575. The second-order valence-corrected chi connectivity index (χ2v) is 6.91. The Balaban J connectivity index is 1.71. The normalized spacial score (nSPS) is 18.7. The van der Waals surface area contributed by atoms with Crippen LogP contribution in [0.5, 0.6) is 0 Å². The minimum atomic E-state index is 0.681. The second kappa shape index (κ2) is 6.99. The summed E-state index contributed by atoms with van der Waals surface area (Å²) in [4.78, 5) is 4.59. The van der Waals surface area contributed by atoms with Crippen molar-refractivity contribution in [1.82, 2.24) is 5.32 Å². The number of hydrogen-bond donors (Lipinski definition) is 1. The predicted octanol–water partition coefficient (Wildman–Crippen LogP) is 3.64. The van der Waals surface area contributed by atoms with Gasteiger partial charge < -0.3 is 5.32 Å². The summed E-state index contributed by atoms with van der Waals surface area (Å²) < 4.78 is 0. The zero-order valence-corrected chi connectivity index (χ0v) is 13.0. The highest BCUT2D eigenvalue weighted by Gasteiger charge is 2.19. The van der Waals surface area contributed by atoms with Gasteiger partial charge in [-0.3, -0.25) is 4.99 Å². The zero-order chi connectivity index (χ0) is 13.7. The molecule has 3 heteroatoms. The minimum absolute atomic E-state index is 0.681. The summed E-state index contributed by atoms with van der Waals surface area (Å²) in [5, 5.41) is 5.29. The highest BCUT2D eigenvalue weighted by molar-refractivity contribution is 8.14. The first-order valence-electron chi connectivity index (χ1n) is 7.14. The number of aliphatic imine (C=N–C) groups is 1. The SMILES string of the molecule is Cc1ccccc1CCNC1=NCC(CC(C)C)S1. The summed E-state index contributed by atoms with van der Waals surface area (Å²) >= 11 is 1.92. The van der Waals surface area contributed by atoms with Gasteiger partial charge in [0.1, 0.15) is 0 Å². The van der Waals surface area contributed by atoms with Gasteiger partial charge >= 0.3 is 0 Å². The molecule has 1 unspecified atom stereocenters. The summed E-state index contributed by atoms with van der Waals surface area (Å²) in [6.07, 6.45) is 2.33. The number of rotatable bonds is 5. The smallest absolute Gasteiger partial charge is 0.156 e. The Morgan fingerprint density at radius 1 is 1.37 bits per heavy atom. The number of aryl methyl sites for hydroxylation is 1. The van der Waals surface area contributed by atoms with Crippen molar-refractivity contribution in [3.8, 4) is 0 Å². The van der Waals surface area contributed by atoms with Crippen molar-refractivity contribution in [3.63, 3.8) is 0 Å². The average Bonchev–Trinajstić information content (AvgIpc) is 2.78. The molecule has 19 heavy (non-hydrogen) atoms. The van der Waals surface area contributed by atoms with Gasteiger partial charge in [-0.1, -0.05) is 49.9 Å². The fourth-order valence-electron chi connectivity index (χ4n) is 2.36. The molecule has 0 saturated carbocycles. The Hall–Kier alpha value is -0.960. The summed E-state index contributed by atoms with van der Waals surface area (Å²) in [7, 11) is 0. The molecule has 0 radical (unpaired) electrons. The van der Waals surface area contributed by atoms with Crippen molar-refractivity contribution in [1.29, 1.82) is 0 Å². The van der Waals surface area contributed by atoms with Crippen LogP contribution in [-0.2, 0) is 6.42 Å². The van der Waals surface area contributed by atoms with E-state index in [4.69, 9.17) is 0 Å². The van der Waals surface area contributed by atoms with E-state index in [1.54, 1.807) is 0 Å². The fraction of sp³-hybridized carbons (Fsp3) is 0.562. The van der Waals surface area contributed by atoms with Crippen molar-refractivity contribution in [3.05, 3.63) is 35.4 Å². The lowest BCUT2D eigenvalue weighted by atomic mass is 10.1. The quantitative estimate of drug-likeness (QED) is 0.888. The Bertz CT molecular complexity index is 440. The molecule has 0 bridgehead atoms. The molecule has 2 rings (SSSR count). The van der Waals surface area contributed by atoms with Crippen LogP contribution < -0.4 is 5.32 Å². The number of thioether (sulfide) groups is 1. The van der Waals surface area contributed by atoms with Gasteiger partial charge in [-0.15, -0.1) is 0 Å². The van der Waals surface area contributed by atoms with Crippen LogP contribution in [0, 0.1) is 12.8 Å². The molecule has 1 aromatic rings. The molecule has 0 aliphatic carbocycles. The maximum atomic E-state index is 4.59. The summed E-state index contributed by atoms with van der Waals surface area (Å²) in [6.45, 7) is 8.70. The van der Waals surface area contributed by atoms with E-state index in [0.29, 0.717) is 5.25 Å². The third-order valence-corrected chi connectivity index (χ3v) is 4.55.